The molecule has 138 valence electrons. The van der Waals surface area contributed by atoms with Crippen molar-refractivity contribution in [3.8, 4) is 5.75 Å². The third-order valence-corrected chi connectivity index (χ3v) is 5.41. The summed E-state index contributed by atoms with van der Waals surface area (Å²) in [6, 6.07) is 13.5. The number of carbonyl (C=O) groups is 2. The van der Waals surface area contributed by atoms with Gasteiger partial charge < -0.3 is 14.5 Å². The highest BCUT2D eigenvalue weighted by Crippen LogP contribution is 2.18. The van der Waals surface area contributed by atoms with Gasteiger partial charge in [0.1, 0.15) is 5.75 Å². The van der Waals surface area contributed by atoms with Crippen LogP contribution in [0.4, 0.5) is 0 Å². The normalized spacial score (nSPS) is 14.3. The maximum atomic E-state index is 12.5. The van der Waals surface area contributed by atoms with Gasteiger partial charge in [0.15, 0.2) is 0 Å². The average molecular weight is 372 g/mol. The van der Waals surface area contributed by atoms with Gasteiger partial charge in [-0.05, 0) is 37.6 Å². The number of piperazine rings is 1. The molecular formula is C20H24N2O3S. The Kier molecular flexibility index (Phi) is 6.28. The van der Waals surface area contributed by atoms with Crippen LogP contribution in [0.15, 0.2) is 42.5 Å². The molecule has 0 radical (unpaired) electrons. The van der Waals surface area contributed by atoms with E-state index in [0.717, 1.165) is 15.5 Å². The van der Waals surface area contributed by atoms with Crippen LogP contribution in [0.5, 0.6) is 5.75 Å². The zero-order chi connectivity index (χ0) is 18.4. The smallest absolute Gasteiger partial charge is 0.264 e. The van der Waals surface area contributed by atoms with Gasteiger partial charge in [0.05, 0.1) is 11.5 Å². The second kappa shape index (κ2) is 8.85. The summed E-state index contributed by atoms with van der Waals surface area (Å²) < 4.78 is 5.62. The molecule has 0 bridgehead atoms. The molecule has 0 atom stereocenters. The van der Waals surface area contributed by atoms with E-state index in [-0.39, 0.29) is 11.8 Å². The molecule has 1 aliphatic rings. The molecular weight excluding hydrogens is 348 g/mol. The van der Waals surface area contributed by atoms with Crippen molar-refractivity contribution in [3.05, 3.63) is 52.2 Å². The van der Waals surface area contributed by atoms with Crippen LogP contribution in [-0.4, -0.2) is 54.4 Å². The summed E-state index contributed by atoms with van der Waals surface area (Å²) in [7, 11) is 0. The van der Waals surface area contributed by atoms with Crippen LogP contribution in [0.3, 0.4) is 0 Å². The average Bonchev–Trinajstić information content (AvgIpc) is 3.12. The van der Waals surface area contributed by atoms with E-state index < -0.39 is 0 Å². The van der Waals surface area contributed by atoms with Crippen molar-refractivity contribution in [2.75, 3.05) is 32.8 Å². The number of para-hydroxylation sites is 1. The molecule has 1 saturated heterocycles. The minimum absolute atomic E-state index is 0.0754. The third kappa shape index (κ3) is 4.85. The molecule has 1 aromatic heterocycles. The van der Waals surface area contributed by atoms with E-state index in [1.807, 2.05) is 59.2 Å². The number of hydrogen-bond donors (Lipinski definition) is 0. The molecule has 1 aromatic carbocycles. The fraction of sp³-hybridized carbons (Fsp3) is 0.400. The van der Waals surface area contributed by atoms with Crippen molar-refractivity contribution < 1.29 is 14.3 Å². The molecule has 1 fully saturated rings. The topological polar surface area (TPSA) is 49.9 Å². The van der Waals surface area contributed by atoms with E-state index >= 15 is 0 Å². The molecule has 3 rings (SSSR count). The van der Waals surface area contributed by atoms with Gasteiger partial charge >= 0.3 is 0 Å². The number of carbonyl (C=O) groups excluding carboxylic acids is 2. The molecule has 2 heterocycles. The molecule has 2 aromatic rings. The van der Waals surface area contributed by atoms with E-state index in [9.17, 15) is 9.59 Å². The van der Waals surface area contributed by atoms with Gasteiger partial charge in [-0.3, -0.25) is 9.59 Å². The lowest BCUT2D eigenvalue weighted by atomic mass is 10.2. The summed E-state index contributed by atoms with van der Waals surface area (Å²) in [4.78, 5) is 30.4. The second-order valence-electron chi connectivity index (χ2n) is 6.35. The number of nitrogens with zero attached hydrogens (tertiary/aromatic N) is 2. The van der Waals surface area contributed by atoms with Gasteiger partial charge in [-0.25, -0.2) is 0 Å². The summed E-state index contributed by atoms with van der Waals surface area (Å²) in [5.74, 6) is 1.04. The summed E-state index contributed by atoms with van der Waals surface area (Å²) in [5.41, 5.74) is 0. The van der Waals surface area contributed by atoms with Crippen LogP contribution < -0.4 is 4.74 Å². The second-order valence-corrected chi connectivity index (χ2v) is 7.64. The Balaban J connectivity index is 1.37. The first-order chi connectivity index (χ1) is 12.6. The Hall–Kier alpha value is -2.34. The number of rotatable bonds is 6. The standard InChI is InChI=1S/C20H24N2O3S/c1-16-9-10-18(26-16)20(24)22-13-11-21(12-14-22)19(23)8-5-15-25-17-6-3-2-4-7-17/h2-4,6-7,9-10H,5,8,11-15H2,1H3. The van der Waals surface area contributed by atoms with Crippen LogP contribution in [0.1, 0.15) is 27.4 Å². The van der Waals surface area contributed by atoms with Crippen LogP contribution >= 0.6 is 11.3 Å². The quantitative estimate of drug-likeness (QED) is 0.732. The van der Waals surface area contributed by atoms with Crippen molar-refractivity contribution in [2.24, 2.45) is 0 Å². The van der Waals surface area contributed by atoms with E-state index in [0.29, 0.717) is 45.6 Å². The number of aryl methyl sites for hydroxylation is 1. The molecule has 0 N–H and O–H groups in total. The zero-order valence-electron chi connectivity index (χ0n) is 15.0. The van der Waals surface area contributed by atoms with Crippen LogP contribution in [0.25, 0.3) is 0 Å². The van der Waals surface area contributed by atoms with E-state index in [1.165, 1.54) is 11.3 Å². The first-order valence-corrected chi connectivity index (χ1v) is 9.76. The van der Waals surface area contributed by atoms with Crippen LogP contribution in [0, 0.1) is 6.92 Å². The molecule has 6 heteroatoms. The number of amides is 2. The largest absolute Gasteiger partial charge is 0.494 e. The molecule has 0 spiro atoms. The van der Waals surface area contributed by atoms with Crippen molar-refractivity contribution in [1.82, 2.24) is 9.80 Å². The van der Waals surface area contributed by atoms with Crippen molar-refractivity contribution in [1.29, 1.82) is 0 Å². The Morgan fingerprint density at radius 3 is 2.35 bits per heavy atom. The highest BCUT2D eigenvalue weighted by atomic mass is 32.1. The summed E-state index contributed by atoms with van der Waals surface area (Å²) in [5, 5.41) is 0. The predicted molar refractivity (Wildman–Crippen MR) is 103 cm³/mol. The maximum Gasteiger partial charge on any atom is 0.264 e. The minimum Gasteiger partial charge on any atom is -0.494 e. The monoisotopic (exact) mass is 372 g/mol. The van der Waals surface area contributed by atoms with Crippen molar-refractivity contribution in [2.45, 2.75) is 19.8 Å². The van der Waals surface area contributed by atoms with Crippen molar-refractivity contribution in [3.63, 3.8) is 0 Å². The maximum absolute atomic E-state index is 12.5. The molecule has 26 heavy (non-hydrogen) atoms. The van der Waals surface area contributed by atoms with Crippen molar-refractivity contribution >= 4 is 23.2 Å². The number of thiophene rings is 1. The van der Waals surface area contributed by atoms with Gasteiger partial charge in [0.2, 0.25) is 5.91 Å². The molecule has 5 nitrogen and oxygen atoms in total. The fourth-order valence-corrected chi connectivity index (χ4v) is 3.79. The van der Waals surface area contributed by atoms with Gasteiger partial charge in [0, 0.05) is 37.5 Å². The first-order valence-electron chi connectivity index (χ1n) is 8.95. The Morgan fingerprint density at radius 2 is 1.69 bits per heavy atom. The predicted octanol–water partition coefficient (Wildman–Crippen LogP) is 3.20. The summed E-state index contributed by atoms with van der Waals surface area (Å²) >= 11 is 1.52. The molecule has 0 unspecified atom stereocenters. The van der Waals surface area contributed by atoms with Gasteiger partial charge in [-0.2, -0.15) is 0 Å². The molecule has 1 aliphatic heterocycles. The highest BCUT2D eigenvalue weighted by molar-refractivity contribution is 7.13. The van der Waals surface area contributed by atoms with Crippen LogP contribution in [0.2, 0.25) is 0 Å². The first kappa shape index (κ1) is 18.5. The van der Waals surface area contributed by atoms with Gasteiger partial charge in [0.25, 0.3) is 5.91 Å². The lowest BCUT2D eigenvalue weighted by Gasteiger charge is -2.34. The molecule has 0 aliphatic carbocycles. The molecule has 0 saturated carbocycles. The number of hydrogen-bond acceptors (Lipinski definition) is 4. The summed E-state index contributed by atoms with van der Waals surface area (Å²) in [6.07, 6.45) is 1.17. The van der Waals surface area contributed by atoms with Gasteiger partial charge in [-0.1, -0.05) is 18.2 Å². The van der Waals surface area contributed by atoms with E-state index in [1.54, 1.807) is 0 Å². The SMILES string of the molecule is Cc1ccc(C(=O)N2CCN(C(=O)CCCOc3ccccc3)CC2)s1. The Bertz CT molecular complexity index is 737. The molecule has 2 amide bonds. The number of benzene rings is 1. The van der Waals surface area contributed by atoms with Crippen LogP contribution in [-0.2, 0) is 4.79 Å². The van der Waals surface area contributed by atoms with Gasteiger partial charge in [-0.15, -0.1) is 11.3 Å². The number of ether oxygens (including phenoxy) is 1. The minimum atomic E-state index is 0.0754. The Labute approximate surface area is 158 Å². The Morgan fingerprint density at radius 1 is 1.00 bits per heavy atom. The third-order valence-electron chi connectivity index (χ3n) is 4.42. The van der Waals surface area contributed by atoms with E-state index in [2.05, 4.69) is 0 Å². The fourth-order valence-electron chi connectivity index (χ4n) is 2.95. The highest BCUT2D eigenvalue weighted by Gasteiger charge is 2.25. The zero-order valence-corrected chi connectivity index (χ0v) is 15.8. The lowest BCUT2D eigenvalue weighted by molar-refractivity contribution is -0.132. The van der Waals surface area contributed by atoms with E-state index in [4.69, 9.17) is 4.74 Å². The summed E-state index contributed by atoms with van der Waals surface area (Å²) in [6.45, 7) is 4.94. The lowest BCUT2D eigenvalue weighted by Crippen LogP contribution is -2.50.